The van der Waals surface area contributed by atoms with Gasteiger partial charge in [-0.1, -0.05) is 80.9 Å². The van der Waals surface area contributed by atoms with Gasteiger partial charge in [-0.15, -0.1) is 0 Å². The van der Waals surface area contributed by atoms with Crippen LogP contribution in [0.2, 0.25) is 0 Å². The lowest BCUT2D eigenvalue weighted by atomic mass is 10.1. The molecule has 4 nitrogen and oxygen atoms in total. The van der Waals surface area contributed by atoms with Gasteiger partial charge in [-0.05, 0) is 36.8 Å². The minimum absolute atomic E-state index is 0.0397. The summed E-state index contributed by atoms with van der Waals surface area (Å²) >= 11 is 0. The van der Waals surface area contributed by atoms with Crippen molar-refractivity contribution in [2.24, 2.45) is 0 Å². The average Bonchev–Trinajstić information content (AvgIpc) is 2.76. The lowest BCUT2D eigenvalue weighted by Gasteiger charge is -2.30. The number of unbranched alkanes of at least 4 members (excludes halogenated alkanes) is 1. The van der Waals surface area contributed by atoms with E-state index in [1.54, 1.807) is 4.90 Å². The average molecular weight is 395 g/mol. The van der Waals surface area contributed by atoms with Crippen molar-refractivity contribution < 1.29 is 9.59 Å². The number of carbonyl (C=O) groups excluding carboxylic acids is 2. The molecular formula is C25H34N2O2. The monoisotopic (exact) mass is 394 g/mol. The summed E-state index contributed by atoms with van der Waals surface area (Å²) in [4.78, 5) is 27.7. The highest BCUT2D eigenvalue weighted by molar-refractivity contribution is 5.87. The highest BCUT2D eigenvalue weighted by Crippen LogP contribution is 2.13. The van der Waals surface area contributed by atoms with Crippen LogP contribution < -0.4 is 5.32 Å². The molecule has 0 fully saturated rings. The van der Waals surface area contributed by atoms with E-state index in [4.69, 9.17) is 0 Å². The number of amides is 2. The molecule has 156 valence electrons. The Bertz CT molecular complexity index is 731. The van der Waals surface area contributed by atoms with Crippen LogP contribution in [0.5, 0.6) is 0 Å². The summed E-state index contributed by atoms with van der Waals surface area (Å²) in [5.41, 5.74) is 2.32. The lowest BCUT2D eigenvalue weighted by Crippen LogP contribution is -2.50. The normalized spacial score (nSPS) is 11.7. The standard InChI is InChI=1S/C25H34N2O2/c1-3-5-19-26-25(29)23(4-2)27(20-18-22-14-10-7-11-15-22)24(28)17-16-21-12-8-6-9-13-21/h6-15,23H,3-5,16-20H2,1-2H3,(H,26,29)/t23-/m1/s1. The van der Waals surface area contributed by atoms with Gasteiger partial charge in [0.25, 0.3) is 0 Å². The molecule has 0 unspecified atom stereocenters. The van der Waals surface area contributed by atoms with E-state index in [1.807, 2.05) is 55.5 Å². The Labute approximate surface area is 175 Å². The summed E-state index contributed by atoms with van der Waals surface area (Å²) in [5, 5.41) is 3.01. The molecule has 0 heterocycles. The largest absolute Gasteiger partial charge is 0.354 e. The van der Waals surface area contributed by atoms with Crippen LogP contribution in [0.3, 0.4) is 0 Å². The Hall–Kier alpha value is -2.62. The van der Waals surface area contributed by atoms with E-state index in [2.05, 4.69) is 24.4 Å². The molecule has 0 saturated carbocycles. The molecule has 2 rings (SSSR count). The van der Waals surface area contributed by atoms with Gasteiger partial charge in [0.2, 0.25) is 11.8 Å². The molecule has 0 saturated heterocycles. The van der Waals surface area contributed by atoms with Gasteiger partial charge >= 0.3 is 0 Å². The van der Waals surface area contributed by atoms with Crippen molar-refractivity contribution in [3.05, 3.63) is 71.8 Å². The van der Waals surface area contributed by atoms with Crippen LogP contribution in [0.25, 0.3) is 0 Å². The molecule has 0 bridgehead atoms. The maximum atomic E-state index is 13.1. The summed E-state index contributed by atoms with van der Waals surface area (Å²) in [5.74, 6) is 0.00403. The zero-order valence-electron chi connectivity index (χ0n) is 17.8. The maximum Gasteiger partial charge on any atom is 0.242 e. The zero-order valence-corrected chi connectivity index (χ0v) is 17.8. The Kier molecular flexibility index (Phi) is 9.98. The maximum absolute atomic E-state index is 13.1. The first-order chi connectivity index (χ1) is 14.2. The van der Waals surface area contributed by atoms with Crippen molar-refractivity contribution in [2.45, 2.75) is 58.4 Å². The second kappa shape index (κ2) is 12.8. The molecule has 0 spiro atoms. The summed E-state index contributed by atoms with van der Waals surface area (Å²) in [7, 11) is 0. The van der Waals surface area contributed by atoms with E-state index >= 15 is 0 Å². The first kappa shape index (κ1) is 22.7. The zero-order chi connectivity index (χ0) is 20.9. The molecule has 2 aromatic rings. The second-order valence-corrected chi connectivity index (χ2v) is 7.38. The highest BCUT2D eigenvalue weighted by Gasteiger charge is 2.27. The molecule has 0 aliphatic carbocycles. The van der Waals surface area contributed by atoms with E-state index < -0.39 is 6.04 Å². The summed E-state index contributed by atoms with van der Waals surface area (Å²) in [6.45, 7) is 5.29. The summed E-state index contributed by atoms with van der Waals surface area (Å²) in [6.07, 6.45) is 4.45. The number of nitrogens with zero attached hydrogens (tertiary/aromatic N) is 1. The first-order valence-electron chi connectivity index (χ1n) is 10.8. The third-order valence-electron chi connectivity index (χ3n) is 5.17. The van der Waals surface area contributed by atoms with Crippen LogP contribution >= 0.6 is 0 Å². The molecule has 0 radical (unpaired) electrons. The number of rotatable bonds is 12. The summed E-state index contributed by atoms with van der Waals surface area (Å²) < 4.78 is 0. The molecule has 29 heavy (non-hydrogen) atoms. The molecule has 1 atom stereocenters. The van der Waals surface area contributed by atoms with Crippen LogP contribution in [0.1, 0.15) is 50.7 Å². The predicted molar refractivity (Wildman–Crippen MR) is 119 cm³/mol. The Morgan fingerprint density at radius 1 is 0.897 bits per heavy atom. The smallest absolute Gasteiger partial charge is 0.242 e. The van der Waals surface area contributed by atoms with Crippen LogP contribution in [-0.2, 0) is 22.4 Å². The molecular weight excluding hydrogens is 360 g/mol. The number of hydrogen-bond donors (Lipinski definition) is 1. The third kappa shape index (κ3) is 7.72. The minimum Gasteiger partial charge on any atom is -0.354 e. The van der Waals surface area contributed by atoms with Gasteiger partial charge in [0, 0.05) is 19.5 Å². The Morgan fingerprint density at radius 2 is 1.48 bits per heavy atom. The van der Waals surface area contributed by atoms with E-state index in [1.165, 1.54) is 5.56 Å². The van der Waals surface area contributed by atoms with Gasteiger partial charge in [-0.2, -0.15) is 0 Å². The topological polar surface area (TPSA) is 49.4 Å². The van der Waals surface area contributed by atoms with Gasteiger partial charge in [0.05, 0.1) is 0 Å². The fourth-order valence-electron chi connectivity index (χ4n) is 3.44. The Balaban J connectivity index is 2.07. The van der Waals surface area contributed by atoms with Gasteiger partial charge in [-0.25, -0.2) is 0 Å². The van der Waals surface area contributed by atoms with Gasteiger partial charge in [0.15, 0.2) is 0 Å². The van der Waals surface area contributed by atoms with Crippen molar-refractivity contribution in [1.29, 1.82) is 0 Å². The molecule has 2 aromatic carbocycles. The molecule has 4 heteroatoms. The van der Waals surface area contributed by atoms with Crippen molar-refractivity contribution >= 4 is 11.8 Å². The van der Waals surface area contributed by atoms with Crippen molar-refractivity contribution in [3.63, 3.8) is 0 Å². The second-order valence-electron chi connectivity index (χ2n) is 7.38. The molecule has 2 amide bonds. The number of benzene rings is 2. The highest BCUT2D eigenvalue weighted by atomic mass is 16.2. The number of carbonyl (C=O) groups is 2. The predicted octanol–water partition coefficient (Wildman–Crippen LogP) is 4.39. The SMILES string of the molecule is CCCCNC(=O)[C@@H](CC)N(CCc1ccccc1)C(=O)CCc1ccccc1. The summed E-state index contributed by atoms with van der Waals surface area (Å²) in [6, 6.07) is 19.7. The molecule has 0 aromatic heterocycles. The van der Waals surface area contributed by atoms with Crippen LogP contribution in [0.4, 0.5) is 0 Å². The van der Waals surface area contributed by atoms with Crippen molar-refractivity contribution in [3.8, 4) is 0 Å². The fraction of sp³-hybridized carbons (Fsp3) is 0.440. The fourth-order valence-corrected chi connectivity index (χ4v) is 3.44. The quantitative estimate of drug-likeness (QED) is 0.543. The lowest BCUT2D eigenvalue weighted by molar-refractivity contribution is -0.140. The minimum atomic E-state index is -0.418. The molecule has 0 aliphatic rings. The molecule has 0 aliphatic heterocycles. The van der Waals surface area contributed by atoms with Crippen LogP contribution in [0, 0.1) is 0 Å². The van der Waals surface area contributed by atoms with Crippen molar-refractivity contribution in [1.82, 2.24) is 10.2 Å². The van der Waals surface area contributed by atoms with E-state index in [0.717, 1.165) is 24.8 Å². The number of hydrogen-bond acceptors (Lipinski definition) is 2. The van der Waals surface area contributed by atoms with Crippen molar-refractivity contribution in [2.75, 3.05) is 13.1 Å². The number of nitrogens with one attached hydrogen (secondary N) is 1. The number of aryl methyl sites for hydroxylation is 1. The van der Waals surface area contributed by atoms with E-state index in [-0.39, 0.29) is 11.8 Å². The van der Waals surface area contributed by atoms with E-state index in [9.17, 15) is 9.59 Å². The molecule has 1 N–H and O–H groups in total. The third-order valence-corrected chi connectivity index (χ3v) is 5.17. The van der Waals surface area contributed by atoms with Crippen LogP contribution in [-0.4, -0.2) is 35.8 Å². The first-order valence-corrected chi connectivity index (χ1v) is 10.8. The van der Waals surface area contributed by atoms with Gasteiger partial charge in [-0.3, -0.25) is 9.59 Å². The van der Waals surface area contributed by atoms with Gasteiger partial charge in [0.1, 0.15) is 6.04 Å². The van der Waals surface area contributed by atoms with Gasteiger partial charge < -0.3 is 10.2 Å². The van der Waals surface area contributed by atoms with Crippen LogP contribution in [0.15, 0.2) is 60.7 Å². The Morgan fingerprint density at radius 3 is 2.03 bits per heavy atom. The van der Waals surface area contributed by atoms with E-state index in [0.29, 0.717) is 32.4 Å².